The number of ether oxygens (including phenoxy) is 3. The maximum absolute atomic E-state index is 12.0. The van der Waals surface area contributed by atoms with Crippen molar-refractivity contribution >= 4 is 33.3 Å². The van der Waals surface area contributed by atoms with Gasteiger partial charge in [0.25, 0.3) is 0 Å². The van der Waals surface area contributed by atoms with E-state index in [1.54, 1.807) is 25.1 Å². The van der Waals surface area contributed by atoms with Crippen molar-refractivity contribution in [3.63, 3.8) is 0 Å². The van der Waals surface area contributed by atoms with Gasteiger partial charge in [-0.3, -0.25) is 0 Å². The molecular weight excluding hydrogens is 592 g/mol. The molecule has 234 valence electrons. The number of hydrogen-bond donors (Lipinski definition) is 2. The van der Waals surface area contributed by atoms with Gasteiger partial charge in [0.1, 0.15) is 5.75 Å². The molecule has 43 heavy (non-hydrogen) atoms. The number of rotatable bonds is 8. The molecule has 0 amide bonds. The predicted molar refractivity (Wildman–Crippen MR) is 165 cm³/mol. The first-order valence-electron chi connectivity index (χ1n) is 15.3. The van der Waals surface area contributed by atoms with Crippen LogP contribution in [0.4, 0.5) is 5.69 Å². The molecule has 2 aliphatic heterocycles. The van der Waals surface area contributed by atoms with Crippen molar-refractivity contribution in [1.29, 1.82) is 0 Å². The standard InChI is InChI=1S/C32H41ClN2O7S/c1-20(17-43(34,38)39)42-25-10-12-40-30(15-25)26-7-4-23(26)16-35-18-32(11-2-3-21-13-24(33)6-8-27(21)32)19-41-29-9-5-22(31(36)37)14-28(29)35/h5-6,8-9,13-14,20,23,25-26,30H,2-4,7,10-12,15-19H2,1H3,(H,36,37)(H2,34,38,39)/t20-,23+,25-,26-,30+,32+/m1/s1. The lowest BCUT2D eigenvalue weighted by molar-refractivity contribution is -0.126. The summed E-state index contributed by atoms with van der Waals surface area (Å²) in [5, 5.41) is 15.8. The molecule has 0 radical (unpaired) electrons. The topological polar surface area (TPSA) is 128 Å². The molecule has 2 fully saturated rings. The van der Waals surface area contributed by atoms with Crippen molar-refractivity contribution in [2.45, 2.75) is 75.6 Å². The lowest BCUT2D eigenvalue weighted by atomic mass is 9.67. The van der Waals surface area contributed by atoms with Gasteiger partial charge in [-0.15, -0.1) is 0 Å². The summed E-state index contributed by atoms with van der Waals surface area (Å²) < 4.78 is 41.9. The van der Waals surface area contributed by atoms with Crippen LogP contribution >= 0.6 is 11.6 Å². The van der Waals surface area contributed by atoms with E-state index in [1.807, 2.05) is 6.07 Å². The molecule has 0 aromatic heterocycles. The van der Waals surface area contributed by atoms with Crippen LogP contribution in [0.3, 0.4) is 0 Å². The second-order valence-electron chi connectivity index (χ2n) is 12.9. The van der Waals surface area contributed by atoms with Gasteiger partial charge in [0, 0.05) is 36.6 Å². The number of nitrogens with zero attached hydrogens (tertiary/aromatic N) is 1. The number of carboxylic acids is 1. The normalized spacial score (nSPS) is 29.5. The molecule has 9 nitrogen and oxygen atoms in total. The van der Waals surface area contributed by atoms with Crippen molar-refractivity contribution in [3.8, 4) is 5.75 Å². The Morgan fingerprint density at radius 2 is 2.07 bits per heavy atom. The van der Waals surface area contributed by atoms with Gasteiger partial charge < -0.3 is 24.2 Å². The van der Waals surface area contributed by atoms with Crippen LogP contribution in [0.25, 0.3) is 0 Å². The molecule has 2 aromatic rings. The molecular formula is C32H41ClN2O7S. The number of hydrogen-bond acceptors (Lipinski definition) is 7. The molecule has 6 atom stereocenters. The van der Waals surface area contributed by atoms with Gasteiger partial charge in [0.15, 0.2) is 0 Å². The summed E-state index contributed by atoms with van der Waals surface area (Å²) in [6.07, 6.45) is 6.03. The fraction of sp³-hybridized carbons (Fsp3) is 0.594. The lowest BCUT2D eigenvalue weighted by Crippen LogP contribution is -2.51. The highest BCUT2D eigenvalue weighted by Gasteiger charge is 2.45. The quantitative estimate of drug-likeness (QED) is 0.426. The smallest absolute Gasteiger partial charge is 0.335 e. The van der Waals surface area contributed by atoms with Crippen LogP contribution in [0.5, 0.6) is 5.75 Å². The third kappa shape index (κ3) is 6.68. The first-order chi connectivity index (χ1) is 20.5. The number of aromatic carboxylic acids is 1. The molecule has 2 heterocycles. The van der Waals surface area contributed by atoms with E-state index in [-0.39, 0.29) is 28.9 Å². The molecule has 2 aromatic carbocycles. The largest absolute Gasteiger partial charge is 0.490 e. The van der Waals surface area contributed by atoms with Gasteiger partial charge in [-0.05, 0) is 98.7 Å². The number of fused-ring (bicyclic) bond motifs is 3. The van der Waals surface area contributed by atoms with E-state index >= 15 is 0 Å². The first kappa shape index (κ1) is 30.6. The van der Waals surface area contributed by atoms with Crippen molar-refractivity contribution in [3.05, 3.63) is 58.1 Å². The number of aryl methyl sites for hydroxylation is 1. The molecule has 4 aliphatic rings. The Morgan fingerprint density at radius 1 is 1.23 bits per heavy atom. The molecule has 0 unspecified atom stereocenters. The molecule has 1 saturated heterocycles. The fourth-order valence-electron chi connectivity index (χ4n) is 7.75. The summed E-state index contributed by atoms with van der Waals surface area (Å²) in [5.41, 5.74) is 3.37. The third-order valence-corrected chi connectivity index (χ3v) is 11.0. The maximum atomic E-state index is 12.0. The highest BCUT2D eigenvalue weighted by molar-refractivity contribution is 7.89. The van der Waals surface area contributed by atoms with Crippen LogP contribution in [-0.4, -0.2) is 69.9 Å². The summed E-state index contributed by atoms with van der Waals surface area (Å²) in [4.78, 5) is 14.3. The number of carbonyl (C=O) groups is 1. The van der Waals surface area contributed by atoms with Gasteiger partial charge in [-0.1, -0.05) is 17.7 Å². The van der Waals surface area contributed by atoms with Gasteiger partial charge in [0.2, 0.25) is 10.0 Å². The average Bonchev–Trinajstić information content (AvgIpc) is 3.07. The number of anilines is 1. The fourth-order valence-corrected chi connectivity index (χ4v) is 8.68. The SMILES string of the molecule is C[C@H](CS(N)(=O)=O)O[C@@H]1CCO[C@H]([C@@H]2CC[C@H]2CN2C[C@@]3(CCCc4cc(Cl)ccc43)COc3ccc(C(=O)O)cc32)C1. The average molecular weight is 633 g/mol. The second kappa shape index (κ2) is 12.2. The Labute approximate surface area is 258 Å². The number of primary sulfonamides is 1. The molecule has 1 spiro atoms. The zero-order valence-electron chi connectivity index (χ0n) is 24.5. The molecule has 6 rings (SSSR count). The Kier molecular flexibility index (Phi) is 8.69. The highest BCUT2D eigenvalue weighted by Crippen LogP contribution is 2.47. The van der Waals surface area contributed by atoms with E-state index in [2.05, 4.69) is 17.0 Å². The number of nitrogens with two attached hydrogens (primary N) is 1. The van der Waals surface area contributed by atoms with E-state index < -0.39 is 22.1 Å². The molecule has 0 bridgehead atoms. The van der Waals surface area contributed by atoms with E-state index in [0.717, 1.165) is 68.7 Å². The molecule has 3 N–H and O–H groups in total. The first-order valence-corrected chi connectivity index (χ1v) is 17.4. The van der Waals surface area contributed by atoms with Gasteiger partial charge in [-0.25, -0.2) is 18.4 Å². The number of carboxylic acid groups (broad SMARTS) is 1. The van der Waals surface area contributed by atoms with E-state index in [4.69, 9.17) is 31.0 Å². The number of sulfonamides is 1. The van der Waals surface area contributed by atoms with Crippen molar-refractivity contribution in [1.82, 2.24) is 0 Å². The second-order valence-corrected chi connectivity index (χ2v) is 15.0. The molecule has 11 heteroatoms. The minimum absolute atomic E-state index is 0.0266. The van der Waals surface area contributed by atoms with Crippen LogP contribution in [0.1, 0.15) is 66.9 Å². The van der Waals surface area contributed by atoms with Crippen LogP contribution in [0.15, 0.2) is 36.4 Å². The van der Waals surface area contributed by atoms with E-state index in [0.29, 0.717) is 30.8 Å². The number of benzene rings is 2. The van der Waals surface area contributed by atoms with E-state index in [9.17, 15) is 18.3 Å². The van der Waals surface area contributed by atoms with Crippen molar-refractivity contribution in [2.24, 2.45) is 17.0 Å². The highest BCUT2D eigenvalue weighted by atomic mass is 35.5. The Hall–Kier alpha value is -2.37. The zero-order valence-corrected chi connectivity index (χ0v) is 26.1. The van der Waals surface area contributed by atoms with Crippen LogP contribution in [0.2, 0.25) is 5.02 Å². The summed E-state index contributed by atoms with van der Waals surface area (Å²) >= 11 is 6.39. The van der Waals surface area contributed by atoms with Crippen molar-refractivity contribution in [2.75, 3.05) is 37.0 Å². The summed E-state index contributed by atoms with van der Waals surface area (Å²) in [5.74, 6) is 0.246. The Morgan fingerprint density at radius 3 is 2.81 bits per heavy atom. The minimum atomic E-state index is -3.61. The maximum Gasteiger partial charge on any atom is 0.335 e. The number of halogens is 1. The summed E-state index contributed by atoms with van der Waals surface area (Å²) in [7, 11) is -3.61. The van der Waals surface area contributed by atoms with Gasteiger partial charge in [0.05, 0.1) is 41.9 Å². The zero-order chi connectivity index (χ0) is 30.4. The third-order valence-electron chi connectivity index (χ3n) is 9.85. The van der Waals surface area contributed by atoms with Crippen LogP contribution in [0, 0.1) is 11.8 Å². The van der Waals surface area contributed by atoms with E-state index in [1.165, 1.54) is 11.1 Å². The van der Waals surface area contributed by atoms with Crippen molar-refractivity contribution < 1.29 is 32.5 Å². The Bertz CT molecular complexity index is 1470. The van der Waals surface area contributed by atoms with Gasteiger partial charge in [-0.2, -0.15) is 0 Å². The molecule has 1 saturated carbocycles. The summed E-state index contributed by atoms with van der Waals surface area (Å²) in [6, 6.07) is 11.4. The predicted octanol–water partition coefficient (Wildman–Crippen LogP) is 4.78. The lowest BCUT2D eigenvalue weighted by Gasteiger charge is -2.48. The molecule has 2 aliphatic carbocycles. The van der Waals surface area contributed by atoms with Gasteiger partial charge >= 0.3 is 5.97 Å². The van der Waals surface area contributed by atoms with Crippen LogP contribution < -0.4 is 14.8 Å². The Balaban J connectivity index is 1.24. The minimum Gasteiger partial charge on any atom is -0.490 e. The monoisotopic (exact) mass is 632 g/mol. The van der Waals surface area contributed by atoms with Crippen LogP contribution in [-0.2, 0) is 31.3 Å². The summed E-state index contributed by atoms with van der Waals surface area (Å²) in [6.45, 7) is 4.34.